The first kappa shape index (κ1) is 25.7. The molecule has 1 aliphatic carbocycles. The molecule has 11 rings (SSSR count). The number of hydrogen-bond acceptors (Lipinski definition) is 1. The molecule has 1 aliphatic rings. The predicted octanol–water partition coefficient (Wildman–Crippen LogP) is 11.7. The van der Waals surface area contributed by atoms with Crippen molar-refractivity contribution in [2.75, 3.05) is 0 Å². The molecule has 7 aromatic carbocycles. The number of hydrogen-bond donors (Lipinski definition) is 0. The molecule has 0 N–H and O–H groups in total. The Labute approximate surface area is 276 Å². The first-order chi connectivity index (χ1) is 23.8. The van der Waals surface area contributed by atoms with Crippen LogP contribution in [0.25, 0.3) is 99.3 Å². The molecular weight excluding hydrogens is 583 g/mol. The van der Waals surface area contributed by atoms with Crippen molar-refractivity contribution in [1.29, 1.82) is 0 Å². The molecule has 0 saturated heterocycles. The lowest BCUT2D eigenvalue weighted by Crippen LogP contribution is -1.94. The molecule has 10 aromatic rings. The highest BCUT2D eigenvalue weighted by Crippen LogP contribution is 2.48. The van der Waals surface area contributed by atoms with Gasteiger partial charge in [0.15, 0.2) is 0 Å². The molecular formula is C45H27N3. The maximum absolute atomic E-state index is 4.65. The highest BCUT2D eigenvalue weighted by molar-refractivity contribution is 6.15. The average Bonchev–Trinajstić information content (AvgIpc) is 3.78. The quantitative estimate of drug-likeness (QED) is 0.195. The summed E-state index contributed by atoms with van der Waals surface area (Å²) in [7, 11) is 0. The Morgan fingerprint density at radius 1 is 0.354 bits per heavy atom. The van der Waals surface area contributed by atoms with E-state index in [-0.39, 0.29) is 0 Å². The second kappa shape index (κ2) is 9.54. The summed E-state index contributed by atoms with van der Waals surface area (Å²) < 4.78 is 4.80. The second-order valence-electron chi connectivity index (χ2n) is 12.8. The highest BCUT2D eigenvalue weighted by Gasteiger charge is 2.23. The van der Waals surface area contributed by atoms with Gasteiger partial charge in [-0.3, -0.25) is 4.98 Å². The van der Waals surface area contributed by atoms with E-state index in [4.69, 9.17) is 0 Å². The first-order valence-electron chi connectivity index (χ1n) is 16.5. The number of fused-ring (bicyclic) bond motifs is 9. The van der Waals surface area contributed by atoms with Crippen molar-refractivity contribution in [2.24, 2.45) is 0 Å². The molecule has 3 heterocycles. The van der Waals surface area contributed by atoms with Crippen molar-refractivity contribution >= 4 is 54.5 Å². The summed E-state index contributed by atoms with van der Waals surface area (Å²) in [6.07, 6.45) is 1.93. The Bertz CT molecular complexity index is 2940. The third kappa shape index (κ3) is 3.45. The fraction of sp³-hybridized carbons (Fsp3) is 0. The molecule has 0 atom stereocenters. The number of benzene rings is 7. The second-order valence-corrected chi connectivity index (χ2v) is 12.8. The van der Waals surface area contributed by atoms with Crippen molar-refractivity contribution < 1.29 is 0 Å². The van der Waals surface area contributed by atoms with E-state index in [9.17, 15) is 0 Å². The zero-order valence-corrected chi connectivity index (χ0v) is 25.9. The monoisotopic (exact) mass is 609 g/mol. The van der Waals surface area contributed by atoms with Crippen molar-refractivity contribution in [3.8, 4) is 44.8 Å². The zero-order chi connectivity index (χ0) is 31.3. The topological polar surface area (TPSA) is 22.8 Å². The van der Waals surface area contributed by atoms with Gasteiger partial charge in [-0.1, -0.05) is 84.9 Å². The zero-order valence-electron chi connectivity index (χ0n) is 25.9. The molecule has 0 radical (unpaired) electrons. The third-order valence-corrected chi connectivity index (χ3v) is 10.3. The Balaban J connectivity index is 1.10. The van der Waals surface area contributed by atoms with Gasteiger partial charge in [0, 0.05) is 44.5 Å². The summed E-state index contributed by atoms with van der Waals surface area (Å²) in [6, 6.07) is 57.6. The van der Waals surface area contributed by atoms with Crippen molar-refractivity contribution in [1.82, 2.24) is 14.1 Å². The van der Waals surface area contributed by atoms with Gasteiger partial charge in [0.1, 0.15) is 0 Å². The fourth-order valence-corrected chi connectivity index (χ4v) is 8.22. The van der Waals surface area contributed by atoms with Gasteiger partial charge in [-0.15, -0.1) is 0 Å². The van der Waals surface area contributed by atoms with Crippen LogP contribution in [0.3, 0.4) is 0 Å². The van der Waals surface area contributed by atoms with E-state index in [1.165, 1.54) is 93.8 Å². The van der Waals surface area contributed by atoms with Crippen LogP contribution in [-0.2, 0) is 0 Å². The van der Waals surface area contributed by atoms with E-state index >= 15 is 0 Å². The average molecular weight is 610 g/mol. The van der Waals surface area contributed by atoms with E-state index in [1.807, 2.05) is 6.20 Å². The molecule has 48 heavy (non-hydrogen) atoms. The maximum Gasteiger partial charge on any atom is 0.0714 e. The summed E-state index contributed by atoms with van der Waals surface area (Å²) in [5.41, 5.74) is 15.8. The summed E-state index contributed by atoms with van der Waals surface area (Å²) in [5.74, 6) is 0. The number of rotatable bonds is 3. The minimum Gasteiger partial charge on any atom is -0.309 e. The van der Waals surface area contributed by atoms with Crippen LogP contribution in [0.2, 0.25) is 0 Å². The molecule has 0 saturated carbocycles. The molecule has 3 nitrogen and oxygen atoms in total. The lowest BCUT2D eigenvalue weighted by molar-refractivity contribution is 1.18. The molecule has 3 heteroatoms. The minimum atomic E-state index is 1.05. The largest absolute Gasteiger partial charge is 0.309 e. The summed E-state index contributed by atoms with van der Waals surface area (Å²) in [5, 5.41) is 6.29. The molecule has 0 spiro atoms. The molecule has 0 unspecified atom stereocenters. The van der Waals surface area contributed by atoms with Crippen LogP contribution in [-0.4, -0.2) is 14.1 Å². The minimum absolute atomic E-state index is 1.05. The summed E-state index contributed by atoms with van der Waals surface area (Å²) in [4.78, 5) is 4.65. The van der Waals surface area contributed by atoms with Gasteiger partial charge in [-0.25, -0.2) is 0 Å². The summed E-state index contributed by atoms with van der Waals surface area (Å²) in [6.45, 7) is 0. The van der Waals surface area contributed by atoms with Gasteiger partial charge in [0.2, 0.25) is 0 Å². The van der Waals surface area contributed by atoms with Gasteiger partial charge >= 0.3 is 0 Å². The molecule has 222 valence electrons. The Hall–Kier alpha value is -6.45. The van der Waals surface area contributed by atoms with Crippen LogP contribution < -0.4 is 0 Å². The number of para-hydroxylation sites is 3. The maximum atomic E-state index is 4.65. The van der Waals surface area contributed by atoms with Crippen LogP contribution in [0.15, 0.2) is 164 Å². The molecule has 0 aliphatic heterocycles. The highest BCUT2D eigenvalue weighted by atomic mass is 15.0. The Morgan fingerprint density at radius 2 is 0.958 bits per heavy atom. The smallest absolute Gasteiger partial charge is 0.0714 e. The lowest BCUT2D eigenvalue weighted by atomic mass is 10.0. The van der Waals surface area contributed by atoms with Crippen LogP contribution in [0, 0.1) is 0 Å². The molecule has 3 aromatic heterocycles. The molecule has 0 bridgehead atoms. The van der Waals surface area contributed by atoms with Crippen molar-refractivity contribution in [3.63, 3.8) is 0 Å². The van der Waals surface area contributed by atoms with Crippen LogP contribution in [0.4, 0.5) is 0 Å². The van der Waals surface area contributed by atoms with E-state index in [1.54, 1.807) is 0 Å². The predicted molar refractivity (Wildman–Crippen MR) is 200 cm³/mol. The van der Waals surface area contributed by atoms with Gasteiger partial charge in [-0.2, -0.15) is 0 Å². The van der Waals surface area contributed by atoms with E-state index < -0.39 is 0 Å². The normalized spacial score (nSPS) is 12.2. The first-order valence-corrected chi connectivity index (χ1v) is 16.5. The Morgan fingerprint density at radius 3 is 1.67 bits per heavy atom. The van der Waals surface area contributed by atoms with Gasteiger partial charge in [0.25, 0.3) is 0 Å². The number of pyridine rings is 1. The van der Waals surface area contributed by atoms with Crippen LogP contribution in [0.1, 0.15) is 0 Å². The van der Waals surface area contributed by atoms with Crippen molar-refractivity contribution in [2.45, 2.75) is 0 Å². The summed E-state index contributed by atoms with van der Waals surface area (Å²) >= 11 is 0. The van der Waals surface area contributed by atoms with Crippen LogP contribution >= 0.6 is 0 Å². The number of aromatic nitrogens is 3. The SMILES string of the molecule is c1ccc(-n2c3ccccc3c3cc(-c4ccc5c(c4)c4ccccc4n5-c4ccc5c(c4)-c4ccnc6cccc-5c46)ccc32)cc1. The fourth-order valence-electron chi connectivity index (χ4n) is 8.22. The van der Waals surface area contributed by atoms with E-state index in [0.29, 0.717) is 0 Å². The van der Waals surface area contributed by atoms with Gasteiger partial charge < -0.3 is 9.13 Å². The molecule has 0 amide bonds. The Kier molecular flexibility index (Phi) is 5.11. The van der Waals surface area contributed by atoms with Crippen molar-refractivity contribution in [3.05, 3.63) is 164 Å². The molecule has 0 fully saturated rings. The van der Waals surface area contributed by atoms with Gasteiger partial charge in [-0.05, 0) is 106 Å². The van der Waals surface area contributed by atoms with E-state index in [0.717, 1.165) is 5.52 Å². The van der Waals surface area contributed by atoms with E-state index in [2.05, 4.69) is 172 Å². The lowest BCUT2D eigenvalue weighted by Gasteiger charge is -2.11. The van der Waals surface area contributed by atoms with Crippen LogP contribution in [0.5, 0.6) is 0 Å². The van der Waals surface area contributed by atoms with Gasteiger partial charge in [0.05, 0.1) is 27.6 Å². The number of nitrogens with zero attached hydrogens (tertiary/aromatic N) is 3. The standard InChI is InChI=1S/C45H27N3/c1-2-9-30(10-3-1)47-41-15-6-4-11-33(41)38-25-28(17-21-43(38)47)29-18-22-44-39(26-29)34-12-5-7-16-42(34)48(44)31-19-20-32-35-13-8-14-40-45(35)36(23-24-46-40)37(32)27-31/h1-27H. The third-order valence-electron chi connectivity index (χ3n) is 10.3.